The number of hydrogen-bond donors (Lipinski definition) is 2. The molecule has 4 aromatic rings. The summed E-state index contributed by atoms with van der Waals surface area (Å²) in [6.45, 7) is 3.09. The summed E-state index contributed by atoms with van der Waals surface area (Å²) in [5, 5.41) is 7.60. The van der Waals surface area contributed by atoms with E-state index in [1.165, 1.54) is 4.90 Å². The van der Waals surface area contributed by atoms with Gasteiger partial charge in [-0.3, -0.25) is 19.9 Å². The van der Waals surface area contributed by atoms with Gasteiger partial charge in [-0.25, -0.2) is 9.97 Å². The van der Waals surface area contributed by atoms with Crippen LogP contribution in [0.2, 0.25) is 0 Å². The van der Waals surface area contributed by atoms with Crippen molar-refractivity contribution >= 4 is 34.6 Å². The molecule has 0 unspecified atom stereocenters. The molecule has 0 saturated carbocycles. The molecule has 38 heavy (non-hydrogen) atoms. The Morgan fingerprint density at radius 1 is 1.13 bits per heavy atom. The van der Waals surface area contributed by atoms with Crippen LogP contribution in [-0.4, -0.2) is 45.4 Å². The molecule has 0 aliphatic carbocycles. The molecular weight excluding hydrogens is 480 g/mol. The molecule has 1 aliphatic rings. The number of rotatable bonds is 9. The van der Waals surface area contributed by atoms with Crippen LogP contribution >= 0.6 is 0 Å². The van der Waals surface area contributed by atoms with Gasteiger partial charge in [-0.05, 0) is 55.2 Å². The molecule has 1 aliphatic heterocycles. The molecule has 0 radical (unpaired) electrons. The van der Waals surface area contributed by atoms with Gasteiger partial charge < -0.3 is 15.0 Å². The normalized spacial score (nSPS) is 12.3. The number of anilines is 1. The van der Waals surface area contributed by atoms with Gasteiger partial charge in [-0.1, -0.05) is 30.3 Å². The second kappa shape index (κ2) is 10.8. The third-order valence-corrected chi connectivity index (χ3v) is 6.72. The number of aryl methyl sites for hydroxylation is 2. The van der Waals surface area contributed by atoms with Gasteiger partial charge in [0.2, 0.25) is 0 Å². The highest BCUT2D eigenvalue weighted by Gasteiger charge is 2.25. The van der Waals surface area contributed by atoms with E-state index in [0.29, 0.717) is 30.0 Å². The number of pyridine rings is 1. The van der Waals surface area contributed by atoms with Gasteiger partial charge in [0, 0.05) is 36.8 Å². The van der Waals surface area contributed by atoms with Crippen LogP contribution in [0.5, 0.6) is 0 Å². The van der Waals surface area contributed by atoms with Crippen LogP contribution in [0, 0.1) is 5.41 Å². The molecule has 2 aromatic carbocycles. The quantitative estimate of drug-likeness (QED) is 0.200. The smallest absolute Gasteiger partial charge is 0.307 e. The van der Waals surface area contributed by atoms with Crippen LogP contribution in [0.4, 0.5) is 5.82 Å². The maximum atomic E-state index is 13.8. The predicted octanol–water partition coefficient (Wildman–Crippen LogP) is 3.85. The van der Waals surface area contributed by atoms with Gasteiger partial charge in [0.15, 0.2) is 0 Å². The molecule has 0 bridgehead atoms. The second-order valence-corrected chi connectivity index (χ2v) is 9.27. The lowest BCUT2D eigenvalue weighted by atomic mass is 10.0. The van der Waals surface area contributed by atoms with Crippen molar-refractivity contribution in [3.8, 4) is 0 Å². The first-order chi connectivity index (χ1) is 18.4. The summed E-state index contributed by atoms with van der Waals surface area (Å²) < 4.78 is 7.32. The molecule has 194 valence electrons. The zero-order valence-corrected chi connectivity index (χ0v) is 21.3. The Morgan fingerprint density at radius 3 is 2.66 bits per heavy atom. The summed E-state index contributed by atoms with van der Waals surface area (Å²) in [5.74, 6) is 0.877. The van der Waals surface area contributed by atoms with E-state index in [9.17, 15) is 9.59 Å². The van der Waals surface area contributed by atoms with Gasteiger partial charge in [0.1, 0.15) is 17.5 Å². The Morgan fingerprint density at radius 2 is 1.95 bits per heavy atom. The van der Waals surface area contributed by atoms with E-state index < -0.39 is 0 Å². The molecular formula is C29H30N6O3. The van der Waals surface area contributed by atoms with Crippen LogP contribution < -0.4 is 10.6 Å². The van der Waals surface area contributed by atoms with Crippen molar-refractivity contribution in [2.45, 2.75) is 39.2 Å². The van der Waals surface area contributed by atoms with E-state index in [1.807, 2.05) is 42.5 Å². The van der Waals surface area contributed by atoms with Crippen LogP contribution in [-0.2, 0) is 28.9 Å². The molecule has 3 heterocycles. The minimum Gasteiger partial charge on any atom is -0.466 e. The fourth-order valence-electron chi connectivity index (χ4n) is 4.93. The van der Waals surface area contributed by atoms with Crippen molar-refractivity contribution < 1.29 is 14.3 Å². The minimum atomic E-state index is -0.355. The molecule has 0 atom stereocenters. The fourth-order valence-corrected chi connectivity index (χ4v) is 4.93. The summed E-state index contributed by atoms with van der Waals surface area (Å²) in [4.78, 5) is 36.7. The highest BCUT2D eigenvalue weighted by molar-refractivity contribution is 6.08. The monoisotopic (exact) mass is 510 g/mol. The van der Waals surface area contributed by atoms with E-state index in [-0.39, 0.29) is 30.7 Å². The third-order valence-electron chi connectivity index (χ3n) is 6.72. The van der Waals surface area contributed by atoms with Gasteiger partial charge in [0.05, 0.1) is 24.1 Å². The van der Waals surface area contributed by atoms with E-state index in [4.69, 9.17) is 20.9 Å². The third kappa shape index (κ3) is 5.13. The lowest BCUT2D eigenvalue weighted by molar-refractivity contribution is -0.142. The summed E-state index contributed by atoms with van der Waals surface area (Å²) >= 11 is 0. The Bertz CT molecular complexity index is 1490. The molecule has 0 fully saturated rings. The number of esters is 1. The number of carbonyl (C=O) groups is 2. The maximum Gasteiger partial charge on any atom is 0.307 e. The van der Waals surface area contributed by atoms with E-state index in [1.54, 1.807) is 25.3 Å². The number of nitrogens with one attached hydrogen (secondary N) is 1. The first-order valence-electron chi connectivity index (χ1n) is 12.8. The number of amides is 1. The second-order valence-electron chi connectivity index (χ2n) is 9.27. The Hall–Kier alpha value is -4.53. The first kappa shape index (κ1) is 25.1. The summed E-state index contributed by atoms with van der Waals surface area (Å²) in [7, 11) is 0. The molecule has 3 N–H and O–H groups in total. The molecule has 9 nitrogen and oxygen atoms in total. The number of ether oxygens (including phenoxy) is 1. The molecule has 5 rings (SSSR count). The van der Waals surface area contributed by atoms with Crippen molar-refractivity contribution in [2.75, 3.05) is 18.1 Å². The van der Waals surface area contributed by atoms with Gasteiger partial charge in [0.25, 0.3) is 5.91 Å². The van der Waals surface area contributed by atoms with Crippen molar-refractivity contribution in [3.05, 3.63) is 88.9 Å². The fraction of sp³-hybridized carbons (Fsp3) is 0.276. The molecule has 1 amide bonds. The standard InChI is InChI=1S/C29H30N6O3/c1-2-38-26(36)12-15-35(24-7-3-4-13-32-24)29(37)22-17-21-6-5-14-34-25(33-23(18-22)27(21)34)16-19-8-10-20(11-9-19)28(30)31/h3-4,7-11,13,17-18H,2,5-6,12,14-16H2,1H3,(H3,30,31). The number of nitrogen functional groups attached to an aromatic ring is 1. The van der Waals surface area contributed by atoms with Crippen molar-refractivity contribution in [2.24, 2.45) is 5.73 Å². The minimum absolute atomic E-state index is 0.0435. The Kier molecular flexibility index (Phi) is 7.17. The van der Waals surface area contributed by atoms with Crippen LogP contribution in [0.25, 0.3) is 11.0 Å². The molecule has 0 spiro atoms. The number of hydrogen-bond acceptors (Lipinski definition) is 6. The summed E-state index contributed by atoms with van der Waals surface area (Å²) in [5.41, 5.74) is 10.8. The van der Waals surface area contributed by atoms with Gasteiger partial charge in [-0.15, -0.1) is 0 Å². The highest BCUT2D eigenvalue weighted by Crippen LogP contribution is 2.30. The van der Waals surface area contributed by atoms with Crippen LogP contribution in [0.1, 0.15) is 52.6 Å². The Labute approximate surface area is 220 Å². The van der Waals surface area contributed by atoms with Crippen LogP contribution in [0.3, 0.4) is 0 Å². The number of aromatic nitrogens is 3. The number of nitrogens with zero attached hydrogens (tertiary/aromatic N) is 4. The molecule has 0 saturated heterocycles. The largest absolute Gasteiger partial charge is 0.466 e. The number of carbonyl (C=O) groups excluding carboxylic acids is 2. The van der Waals surface area contributed by atoms with E-state index in [2.05, 4.69) is 9.55 Å². The van der Waals surface area contributed by atoms with Crippen LogP contribution in [0.15, 0.2) is 60.8 Å². The summed E-state index contributed by atoms with van der Waals surface area (Å²) in [6, 6.07) is 16.8. The lowest BCUT2D eigenvalue weighted by Gasteiger charge is -2.23. The maximum absolute atomic E-state index is 13.8. The number of benzene rings is 2. The van der Waals surface area contributed by atoms with E-state index in [0.717, 1.165) is 47.4 Å². The lowest BCUT2D eigenvalue weighted by Crippen LogP contribution is -2.34. The van der Waals surface area contributed by atoms with Gasteiger partial charge in [-0.2, -0.15) is 0 Å². The predicted molar refractivity (Wildman–Crippen MR) is 145 cm³/mol. The number of nitrogens with two attached hydrogens (primary N) is 1. The van der Waals surface area contributed by atoms with Crippen molar-refractivity contribution in [1.29, 1.82) is 5.41 Å². The zero-order chi connectivity index (χ0) is 26.6. The van der Waals surface area contributed by atoms with Crippen molar-refractivity contribution in [1.82, 2.24) is 14.5 Å². The van der Waals surface area contributed by atoms with E-state index >= 15 is 0 Å². The number of imidazole rings is 1. The average molecular weight is 511 g/mol. The summed E-state index contributed by atoms with van der Waals surface area (Å²) in [6.07, 6.45) is 4.16. The number of amidine groups is 1. The topological polar surface area (TPSA) is 127 Å². The highest BCUT2D eigenvalue weighted by atomic mass is 16.5. The van der Waals surface area contributed by atoms with Crippen molar-refractivity contribution in [3.63, 3.8) is 0 Å². The van der Waals surface area contributed by atoms with Gasteiger partial charge >= 0.3 is 5.97 Å². The Balaban J connectivity index is 1.48. The first-order valence-corrected chi connectivity index (χ1v) is 12.8. The molecule has 2 aromatic heterocycles. The molecule has 9 heteroatoms. The average Bonchev–Trinajstić information content (AvgIpc) is 3.28. The SMILES string of the molecule is CCOC(=O)CCN(C(=O)c1cc2c3c(c1)nc(Cc1ccc(C(=N)N)cc1)n3CCC2)c1ccccn1. The zero-order valence-electron chi connectivity index (χ0n) is 21.3.